The second-order valence-corrected chi connectivity index (χ2v) is 5.57. The first-order valence-corrected chi connectivity index (χ1v) is 7.09. The smallest absolute Gasteiger partial charge is 0.222 e. The van der Waals surface area contributed by atoms with E-state index in [0.717, 1.165) is 5.56 Å². The molecule has 0 bridgehead atoms. The summed E-state index contributed by atoms with van der Waals surface area (Å²) in [6.45, 7) is 1.61. The zero-order chi connectivity index (χ0) is 14.5. The molecule has 1 fully saturated rings. The number of benzene rings is 1. The van der Waals surface area contributed by atoms with E-state index in [2.05, 4.69) is 10.0 Å². The molecule has 0 spiro atoms. The van der Waals surface area contributed by atoms with Crippen molar-refractivity contribution in [2.45, 2.75) is 12.8 Å². The van der Waals surface area contributed by atoms with Gasteiger partial charge in [-0.1, -0.05) is 40.4 Å². The number of amides is 1. The van der Waals surface area contributed by atoms with Gasteiger partial charge in [0.15, 0.2) is 0 Å². The van der Waals surface area contributed by atoms with Gasteiger partial charge < -0.3 is 4.90 Å². The third-order valence-corrected chi connectivity index (χ3v) is 4.24. The Morgan fingerprint density at radius 1 is 1.45 bits per heavy atom. The molecule has 1 aromatic rings. The molecule has 1 aliphatic heterocycles. The van der Waals surface area contributed by atoms with Crippen LogP contribution in [-0.2, 0) is 11.2 Å². The van der Waals surface area contributed by atoms with Gasteiger partial charge in [-0.2, -0.15) is 0 Å². The van der Waals surface area contributed by atoms with Crippen molar-refractivity contribution in [1.82, 2.24) is 4.90 Å². The zero-order valence-electron chi connectivity index (χ0n) is 10.8. The Morgan fingerprint density at radius 3 is 3.00 bits per heavy atom. The van der Waals surface area contributed by atoms with E-state index in [-0.39, 0.29) is 11.8 Å². The van der Waals surface area contributed by atoms with E-state index >= 15 is 0 Å². The Bertz CT molecular complexity index is 557. The predicted octanol–water partition coefficient (Wildman–Crippen LogP) is 3.69. The van der Waals surface area contributed by atoms with Crippen molar-refractivity contribution >= 4 is 29.1 Å². The number of likely N-dealkylation sites (tertiary alicyclic amines) is 1. The normalized spacial score (nSPS) is 18.2. The second kappa shape index (κ2) is 6.84. The molecule has 0 radical (unpaired) electrons. The van der Waals surface area contributed by atoms with Crippen molar-refractivity contribution in [1.29, 1.82) is 0 Å². The summed E-state index contributed by atoms with van der Waals surface area (Å²) in [7, 11) is 0. The van der Waals surface area contributed by atoms with Crippen LogP contribution in [0.25, 0.3) is 10.4 Å². The number of nitrogens with zero attached hydrogens (tertiary/aromatic N) is 4. The SMILES string of the molecule is [N-]=[N+]=NCC1CC(=O)N(CCc2cccc(Cl)c2Cl)C1. The molecule has 1 saturated heterocycles. The molecule has 1 atom stereocenters. The lowest BCUT2D eigenvalue weighted by Crippen LogP contribution is -2.27. The van der Waals surface area contributed by atoms with E-state index in [0.29, 0.717) is 42.5 Å². The fourth-order valence-electron chi connectivity index (χ4n) is 2.34. The van der Waals surface area contributed by atoms with E-state index in [1.807, 2.05) is 12.1 Å². The molecule has 1 aromatic carbocycles. The van der Waals surface area contributed by atoms with Crippen molar-refractivity contribution in [3.05, 3.63) is 44.3 Å². The third kappa shape index (κ3) is 3.57. The summed E-state index contributed by atoms with van der Waals surface area (Å²) >= 11 is 12.1. The molecule has 1 heterocycles. The molecule has 7 heteroatoms. The second-order valence-electron chi connectivity index (χ2n) is 4.79. The first-order chi connectivity index (χ1) is 9.61. The topological polar surface area (TPSA) is 69.1 Å². The number of halogens is 2. The van der Waals surface area contributed by atoms with Crippen LogP contribution in [0.15, 0.2) is 23.3 Å². The quantitative estimate of drug-likeness (QED) is 0.464. The molecule has 1 unspecified atom stereocenters. The zero-order valence-corrected chi connectivity index (χ0v) is 12.3. The fourth-order valence-corrected chi connectivity index (χ4v) is 2.76. The molecule has 5 nitrogen and oxygen atoms in total. The minimum atomic E-state index is 0.0984. The fraction of sp³-hybridized carbons (Fsp3) is 0.462. The average molecular weight is 313 g/mol. The van der Waals surface area contributed by atoms with Gasteiger partial charge in [-0.25, -0.2) is 0 Å². The Hall–Kier alpha value is -1.42. The van der Waals surface area contributed by atoms with Gasteiger partial charge in [0.1, 0.15) is 0 Å². The summed E-state index contributed by atoms with van der Waals surface area (Å²) in [5, 5.41) is 4.60. The van der Waals surface area contributed by atoms with Crippen LogP contribution in [0, 0.1) is 5.92 Å². The van der Waals surface area contributed by atoms with E-state index in [1.54, 1.807) is 11.0 Å². The molecule has 0 aliphatic carbocycles. The number of carbonyl (C=O) groups excluding carboxylic acids is 1. The number of rotatable bonds is 5. The van der Waals surface area contributed by atoms with Gasteiger partial charge in [-0.05, 0) is 29.5 Å². The monoisotopic (exact) mass is 312 g/mol. The Balaban J connectivity index is 1.92. The van der Waals surface area contributed by atoms with Crippen LogP contribution in [0.2, 0.25) is 10.0 Å². The maximum Gasteiger partial charge on any atom is 0.222 e. The third-order valence-electron chi connectivity index (χ3n) is 3.38. The van der Waals surface area contributed by atoms with Crippen LogP contribution >= 0.6 is 23.2 Å². The lowest BCUT2D eigenvalue weighted by molar-refractivity contribution is -0.127. The summed E-state index contributed by atoms with van der Waals surface area (Å²) in [4.78, 5) is 16.4. The lowest BCUT2D eigenvalue weighted by atomic mass is 10.1. The summed E-state index contributed by atoms with van der Waals surface area (Å²) in [5.41, 5.74) is 9.24. The molecule has 0 aromatic heterocycles. The highest BCUT2D eigenvalue weighted by Gasteiger charge is 2.28. The largest absolute Gasteiger partial charge is 0.342 e. The van der Waals surface area contributed by atoms with Crippen LogP contribution < -0.4 is 0 Å². The molecule has 0 N–H and O–H groups in total. The summed E-state index contributed by atoms with van der Waals surface area (Å²) in [6, 6.07) is 5.50. The van der Waals surface area contributed by atoms with Crippen molar-refractivity contribution in [2.24, 2.45) is 11.0 Å². The molecular weight excluding hydrogens is 299 g/mol. The maximum atomic E-state index is 11.9. The number of azide groups is 1. The minimum Gasteiger partial charge on any atom is -0.342 e. The summed E-state index contributed by atoms with van der Waals surface area (Å²) in [5.74, 6) is 0.217. The van der Waals surface area contributed by atoms with Gasteiger partial charge in [0.05, 0.1) is 10.0 Å². The average Bonchev–Trinajstić information content (AvgIpc) is 2.79. The van der Waals surface area contributed by atoms with Crippen LogP contribution in [0.5, 0.6) is 0 Å². The van der Waals surface area contributed by atoms with Crippen LogP contribution in [0.3, 0.4) is 0 Å². The summed E-state index contributed by atoms with van der Waals surface area (Å²) < 4.78 is 0. The molecule has 20 heavy (non-hydrogen) atoms. The van der Waals surface area contributed by atoms with E-state index in [4.69, 9.17) is 28.7 Å². The van der Waals surface area contributed by atoms with Crippen LogP contribution in [0.1, 0.15) is 12.0 Å². The lowest BCUT2D eigenvalue weighted by Gasteiger charge is -2.17. The Kier molecular flexibility index (Phi) is 5.12. The van der Waals surface area contributed by atoms with E-state index in [1.165, 1.54) is 0 Å². The van der Waals surface area contributed by atoms with Crippen molar-refractivity contribution in [2.75, 3.05) is 19.6 Å². The van der Waals surface area contributed by atoms with Crippen molar-refractivity contribution in [3.63, 3.8) is 0 Å². The molecule has 1 aliphatic rings. The highest BCUT2D eigenvalue weighted by atomic mass is 35.5. The van der Waals surface area contributed by atoms with Gasteiger partial charge >= 0.3 is 0 Å². The predicted molar refractivity (Wildman–Crippen MR) is 78.9 cm³/mol. The number of hydrogen-bond donors (Lipinski definition) is 0. The van der Waals surface area contributed by atoms with Gasteiger partial charge in [0.2, 0.25) is 5.91 Å². The molecule has 2 rings (SSSR count). The van der Waals surface area contributed by atoms with Crippen LogP contribution in [-0.4, -0.2) is 30.4 Å². The van der Waals surface area contributed by atoms with Gasteiger partial charge in [-0.3, -0.25) is 4.79 Å². The molecule has 1 amide bonds. The molecular formula is C13H14Cl2N4O. The highest BCUT2D eigenvalue weighted by molar-refractivity contribution is 6.42. The minimum absolute atomic E-state index is 0.0984. The maximum absolute atomic E-state index is 11.9. The Morgan fingerprint density at radius 2 is 2.25 bits per heavy atom. The number of carbonyl (C=O) groups is 1. The van der Waals surface area contributed by atoms with Gasteiger partial charge in [0.25, 0.3) is 0 Å². The molecule has 0 saturated carbocycles. The van der Waals surface area contributed by atoms with Gasteiger partial charge in [0, 0.05) is 31.0 Å². The Labute approximate surface area is 127 Å². The van der Waals surface area contributed by atoms with Crippen molar-refractivity contribution in [3.8, 4) is 0 Å². The van der Waals surface area contributed by atoms with E-state index < -0.39 is 0 Å². The van der Waals surface area contributed by atoms with Crippen LogP contribution in [0.4, 0.5) is 0 Å². The van der Waals surface area contributed by atoms with E-state index in [9.17, 15) is 4.79 Å². The first-order valence-electron chi connectivity index (χ1n) is 6.33. The van der Waals surface area contributed by atoms with Gasteiger partial charge in [-0.15, -0.1) is 0 Å². The number of hydrogen-bond acceptors (Lipinski definition) is 2. The highest BCUT2D eigenvalue weighted by Crippen LogP contribution is 2.26. The standard InChI is InChI=1S/C13H14Cl2N4O/c14-11-3-1-2-10(13(11)15)4-5-19-8-9(6-12(19)20)7-17-18-16/h1-3,9H,4-8H2. The summed E-state index contributed by atoms with van der Waals surface area (Å²) in [6.07, 6.45) is 1.11. The van der Waals surface area contributed by atoms with Crippen molar-refractivity contribution < 1.29 is 4.79 Å². The first kappa shape index (κ1) is 15.0. The molecule has 106 valence electrons.